The number of hydrogen-bond donors (Lipinski definition) is 3. The zero-order valence-electron chi connectivity index (χ0n) is 15.0. The standard InChI is InChI=1S/C16H27N3O7/c1-12(20)2-3-13(16(25)26)19-8-6-17(10-14(21)22)4-5-18(7-9-19)11-15(23)24/h13H,2-11H2,1H3,(H,21,22)(H,23,24)(H,25,26). The number of ketones is 1. The summed E-state index contributed by atoms with van der Waals surface area (Å²) in [5.41, 5.74) is 0. The van der Waals surface area contributed by atoms with E-state index >= 15 is 0 Å². The Bertz CT molecular complexity index is 498. The number of Topliss-reactive ketones (excluding diaryl/α,β-unsaturated/α-hetero) is 1. The van der Waals surface area contributed by atoms with Crippen LogP contribution in [0, 0.1) is 0 Å². The highest BCUT2D eigenvalue weighted by atomic mass is 16.4. The second kappa shape index (κ2) is 10.8. The number of rotatable bonds is 9. The van der Waals surface area contributed by atoms with Gasteiger partial charge in [-0.3, -0.25) is 29.1 Å². The summed E-state index contributed by atoms with van der Waals surface area (Å²) in [4.78, 5) is 49.9. The van der Waals surface area contributed by atoms with Crippen molar-refractivity contribution in [2.75, 3.05) is 52.4 Å². The molecule has 1 aliphatic heterocycles. The fourth-order valence-corrected chi connectivity index (χ4v) is 2.97. The minimum Gasteiger partial charge on any atom is -0.480 e. The van der Waals surface area contributed by atoms with Crippen molar-refractivity contribution in [2.24, 2.45) is 0 Å². The van der Waals surface area contributed by atoms with Crippen LogP contribution in [0.2, 0.25) is 0 Å². The highest BCUT2D eigenvalue weighted by molar-refractivity contribution is 5.78. The zero-order valence-corrected chi connectivity index (χ0v) is 15.0. The van der Waals surface area contributed by atoms with E-state index in [0.29, 0.717) is 39.3 Å². The van der Waals surface area contributed by atoms with E-state index in [0.717, 1.165) is 0 Å². The second-order valence-electron chi connectivity index (χ2n) is 6.47. The van der Waals surface area contributed by atoms with Crippen LogP contribution < -0.4 is 0 Å². The van der Waals surface area contributed by atoms with Crippen LogP contribution in [0.4, 0.5) is 0 Å². The Kier molecular flexibility index (Phi) is 9.17. The molecule has 1 rings (SSSR count). The fourth-order valence-electron chi connectivity index (χ4n) is 2.97. The Morgan fingerprint density at radius 2 is 1.23 bits per heavy atom. The lowest BCUT2D eigenvalue weighted by Crippen LogP contribution is -2.47. The Morgan fingerprint density at radius 3 is 1.58 bits per heavy atom. The van der Waals surface area contributed by atoms with Gasteiger partial charge in [0.15, 0.2) is 0 Å². The molecule has 0 aromatic heterocycles. The largest absolute Gasteiger partial charge is 0.480 e. The molecule has 0 aromatic rings. The number of carbonyl (C=O) groups excluding carboxylic acids is 1. The van der Waals surface area contributed by atoms with E-state index in [-0.39, 0.29) is 31.7 Å². The molecule has 1 unspecified atom stereocenters. The summed E-state index contributed by atoms with van der Waals surface area (Å²) in [5, 5.41) is 27.6. The number of hydrogen-bond acceptors (Lipinski definition) is 7. The SMILES string of the molecule is CC(=O)CCC(C(=O)O)N1CCN(CC(=O)O)CCN(CC(=O)O)CC1. The Balaban J connectivity index is 2.90. The highest BCUT2D eigenvalue weighted by Gasteiger charge is 2.28. The van der Waals surface area contributed by atoms with Crippen molar-refractivity contribution >= 4 is 23.7 Å². The van der Waals surface area contributed by atoms with Gasteiger partial charge in [-0.25, -0.2) is 0 Å². The molecule has 0 aromatic carbocycles. The van der Waals surface area contributed by atoms with Crippen LogP contribution in [-0.4, -0.2) is 112 Å². The summed E-state index contributed by atoms with van der Waals surface area (Å²) in [6.07, 6.45) is 0.313. The maximum Gasteiger partial charge on any atom is 0.320 e. The van der Waals surface area contributed by atoms with E-state index in [4.69, 9.17) is 10.2 Å². The van der Waals surface area contributed by atoms with Gasteiger partial charge in [-0.2, -0.15) is 0 Å². The van der Waals surface area contributed by atoms with E-state index in [2.05, 4.69) is 0 Å². The number of nitrogens with zero attached hydrogens (tertiary/aromatic N) is 3. The van der Waals surface area contributed by atoms with Gasteiger partial charge in [0, 0.05) is 45.7 Å². The van der Waals surface area contributed by atoms with Crippen LogP contribution in [0.15, 0.2) is 0 Å². The molecule has 0 spiro atoms. The molecular weight excluding hydrogens is 346 g/mol. The smallest absolute Gasteiger partial charge is 0.320 e. The first-order valence-corrected chi connectivity index (χ1v) is 8.53. The van der Waals surface area contributed by atoms with Crippen molar-refractivity contribution in [3.63, 3.8) is 0 Å². The van der Waals surface area contributed by atoms with Gasteiger partial charge in [0.2, 0.25) is 0 Å². The van der Waals surface area contributed by atoms with Gasteiger partial charge < -0.3 is 20.1 Å². The first kappa shape index (κ1) is 22.0. The number of carbonyl (C=O) groups is 4. The Morgan fingerprint density at radius 1 is 0.808 bits per heavy atom. The molecule has 1 atom stereocenters. The lowest BCUT2D eigenvalue weighted by atomic mass is 10.1. The molecule has 1 heterocycles. The molecule has 0 saturated carbocycles. The van der Waals surface area contributed by atoms with Gasteiger partial charge in [0.05, 0.1) is 13.1 Å². The van der Waals surface area contributed by atoms with Crippen LogP contribution in [0.25, 0.3) is 0 Å². The van der Waals surface area contributed by atoms with Crippen molar-refractivity contribution in [1.82, 2.24) is 14.7 Å². The summed E-state index contributed by atoms with van der Waals surface area (Å²) in [5.74, 6) is -3.13. The predicted molar refractivity (Wildman–Crippen MR) is 91.1 cm³/mol. The monoisotopic (exact) mass is 373 g/mol. The molecule has 0 amide bonds. The summed E-state index contributed by atoms with van der Waals surface area (Å²) in [6, 6.07) is -0.865. The third-order valence-corrected chi connectivity index (χ3v) is 4.35. The van der Waals surface area contributed by atoms with Crippen molar-refractivity contribution in [1.29, 1.82) is 0 Å². The summed E-state index contributed by atoms with van der Waals surface area (Å²) in [7, 11) is 0. The molecule has 26 heavy (non-hydrogen) atoms. The van der Waals surface area contributed by atoms with Gasteiger partial charge in [-0.05, 0) is 13.3 Å². The zero-order chi connectivity index (χ0) is 19.7. The maximum absolute atomic E-state index is 11.6. The van der Waals surface area contributed by atoms with Crippen molar-refractivity contribution in [2.45, 2.75) is 25.8 Å². The Labute approximate surface area is 152 Å². The predicted octanol–water partition coefficient (Wildman–Crippen LogP) is -1.10. The third-order valence-electron chi connectivity index (χ3n) is 4.35. The Hall–Kier alpha value is -2.04. The van der Waals surface area contributed by atoms with Crippen LogP contribution in [0.1, 0.15) is 19.8 Å². The summed E-state index contributed by atoms with van der Waals surface area (Å²) >= 11 is 0. The summed E-state index contributed by atoms with van der Waals surface area (Å²) < 4.78 is 0. The van der Waals surface area contributed by atoms with Gasteiger partial charge >= 0.3 is 17.9 Å². The molecule has 1 aliphatic rings. The normalized spacial score (nSPS) is 19.1. The minimum atomic E-state index is -1.04. The molecule has 1 saturated heterocycles. The van der Waals surface area contributed by atoms with E-state index in [1.807, 2.05) is 0 Å². The lowest BCUT2D eigenvalue weighted by molar-refractivity contribution is -0.144. The molecule has 10 heteroatoms. The minimum absolute atomic E-state index is 0.0967. The van der Waals surface area contributed by atoms with Crippen molar-refractivity contribution in [3.05, 3.63) is 0 Å². The molecule has 3 N–H and O–H groups in total. The van der Waals surface area contributed by atoms with E-state index < -0.39 is 23.9 Å². The van der Waals surface area contributed by atoms with Crippen molar-refractivity contribution in [3.8, 4) is 0 Å². The van der Waals surface area contributed by atoms with Crippen molar-refractivity contribution < 1.29 is 34.5 Å². The maximum atomic E-state index is 11.6. The first-order chi connectivity index (χ1) is 12.2. The topological polar surface area (TPSA) is 139 Å². The van der Waals surface area contributed by atoms with E-state index in [9.17, 15) is 24.3 Å². The second-order valence-corrected chi connectivity index (χ2v) is 6.47. The number of aliphatic carboxylic acids is 3. The van der Waals surface area contributed by atoms with Crippen LogP contribution >= 0.6 is 0 Å². The van der Waals surface area contributed by atoms with Gasteiger partial charge in [0.25, 0.3) is 0 Å². The van der Waals surface area contributed by atoms with Gasteiger partial charge in [0.1, 0.15) is 11.8 Å². The molecule has 0 aliphatic carbocycles. The van der Waals surface area contributed by atoms with E-state index in [1.165, 1.54) is 6.92 Å². The molecule has 148 valence electrons. The van der Waals surface area contributed by atoms with Crippen LogP contribution in [-0.2, 0) is 19.2 Å². The van der Waals surface area contributed by atoms with E-state index in [1.54, 1.807) is 14.7 Å². The van der Waals surface area contributed by atoms with Crippen LogP contribution in [0.3, 0.4) is 0 Å². The van der Waals surface area contributed by atoms with Gasteiger partial charge in [-0.15, -0.1) is 0 Å². The van der Waals surface area contributed by atoms with Gasteiger partial charge in [-0.1, -0.05) is 0 Å². The molecule has 0 radical (unpaired) electrons. The lowest BCUT2D eigenvalue weighted by Gasteiger charge is -2.30. The fraction of sp³-hybridized carbons (Fsp3) is 0.750. The quantitative estimate of drug-likeness (QED) is 0.456. The average molecular weight is 373 g/mol. The molecule has 10 nitrogen and oxygen atoms in total. The average Bonchev–Trinajstić information content (AvgIpc) is 2.59. The number of carboxylic acid groups (broad SMARTS) is 3. The van der Waals surface area contributed by atoms with Crippen LogP contribution in [0.5, 0.6) is 0 Å². The molecular formula is C16H27N3O7. The number of carboxylic acids is 3. The first-order valence-electron chi connectivity index (χ1n) is 8.53. The molecule has 1 fully saturated rings. The molecule has 0 bridgehead atoms. The highest BCUT2D eigenvalue weighted by Crippen LogP contribution is 2.11. The third kappa shape index (κ3) is 8.37. The summed E-state index contributed by atoms with van der Waals surface area (Å²) in [6.45, 7) is 3.18.